The Morgan fingerprint density at radius 3 is 2.42 bits per heavy atom. The highest BCUT2D eigenvalue weighted by Gasteiger charge is 2.40. The first-order valence-electron chi connectivity index (χ1n) is 5.64. The monoisotopic (exact) mass is 290 g/mol. The number of halogens is 1. The van der Waals surface area contributed by atoms with Crippen molar-refractivity contribution >= 4 is 9.84 Å². The minimum atomic E-state index is -3.42. The van der Waals surface area contributed by atoms with Crippen LogP contribution in [0.1, 0.15) is 25.5 Å². The Balaban J connectivity index is 3.44. The highest BCUT2D eigenvalue weighted by molar-refractivity contribution is 7.92. The van der Waals surface area contributed by atoms with Gasteiger partial charge in [0.2, 0.25) is 0 Å². The van der Waals surface area contributed by atoms with Crippen molar-refractivity contribution in [3.05, 3.63) is 29.6 Å². The van der Waals surface area contributed by atoms with Gasteiger partial charge in [-0.15, -0.1) is 0 Å². The van der Waals surface area contributed by atoms with E-state index in [4.69, 9.17) is 10.6 Å². The number of nitrogens with one attached hydrogen (secondary N) is 1. The molecule has 0 aliphatic heterocycles. The summed E-state index contributed by atoms with van der Waals surface area (Å²) in [5, 5.41) is 0. The topological polar surface area (TPSA) is 81.4 Å². The Labute approximate surface area is 112 Å². The predicted molar refractivity (Wildman–Crippen MR) is 71.9 cm³/mol. The fraction of sp³-hybridized carbons (Fsp3) is 0.500. The lowest BCUT2D eigenvalue weighted by atomic mass is 9.95. The van der Waals surface area contributed by atoms with E-state index in [1.807, 2.05) is 0 Å². The first kappa shape index (κ1) is 15.9. The molecule has 1 aromatic carbocycles. The molecule has 19 heavy (non-hydrogen) atoms. The van der Waals surface area contributed by atoms with Crippen molar-refractivity contribution in [1.29, 1.82) is 0 Å². The summed E-state index contributed by atoms with van der Waals surface area (Å²) in [6, 6.07) is 3.10. The van der Waals surface area contributed by atoms with Gasteiger partial charge in [-0.3, -0.25) is 11.3 Å². The second kappa shape index (κ2) is 5.44. The van der Waals surface area contributed by atoms with Crippen LogP contribution < -0.4 is 16.0 Å². The number of nitrogens with two attached hydrogens (primary N) is 1. The fourth-order valence-electron chi connectivity index (χ4n) is 1.81. The molecule has 1 rings (SSSR count). The van der Waals surface area contributed by atoms with E-state index in [0.29, 0.717) is 11.3 Å². The SMILES string of the molecule is COc1ccc(F)cc1C(NN)C(C)(C)S(C)(=O)=O. The smallest absolute Gasteiger partial charge is 0.154 e. The molecule has 0 aliphatic carbocycles. The average molecular weight is 290 g/mol. The van der Waals surface area contributed by atoms with Crippen LogP contribution in [-0.2, 0) is 9.84 Å². The molecule has 0 spiro atoms. The van der Waals surface area contributed by atoms with E-state index in [1.54, 1.807) is 0 Å². The maximum absolute atomic E-state index is 13.4. The van der Waals surface area contributed by atoms with Gasteiger partial charge in [0.05, 0.1) is 17.9 Å². The molecule has 0 bridgehead atoms. The van der Waals surface area contributed by atoms with Crippen LogP contribution in [0.3, 0.4) is 0 Å². The summed E-state index contributed by atoms with van der Waals surface area (Å²) in [7, 11) is -1.99. The van der Waals surface area contributed by atoms with Gasteiger partial charge < -0.3 is 4.74 Å². The summed E-state index contributed by atoms with van der Waals surface area (Å²) in [6.45, 7) is 3.05. The van der Waals surface area contributed by atoms with Gasteiger partial charge in [-0.1, -0.05) is 0 Å². The molecular weight excluding hydrogens is 271 g/mol. The van der Waals surface area contributed by atoms with Crippen LogP contribution in [0, 0.1) is 5.82 Å². The van der Waals surface area contributed by atoms with Gasteiger partial charge in [0.25, 0.3) is 0 Å². The van der Waals surface area contributed by atoms with Crippen LogP contribution >= 0.6 is 0 Å². The minimum Gasteiger partial charge on any atom is -0.496 e. The normalized spacial score (nSPS) is 14.2. The number of benzene rings is 1. The number of rotatable bonds is 5. The highest BCUT2D eigenvalue weighted by Crippen LogP contribution is 2.36. The standard InChI is InChI=1S/C12H19FN2O3S/c1-12(2,19(4,16)17)11(15-14)9-7-8(13)5-6-10(9)18-3/h5-7,11,15H,14H2,1-4H3. The van der Waals surface area contributed by atoms with Crippen LogP contribution in [0.25, 0.3) is 0 Å². The number of methoxy groups -OCH3 is 1. The third-order valence-corrected chi connectivity index (χ3v) is 5.47. The van der Waals surface area contributed by atoms with Gasteiger partial charge in [-0.05, 0) is 32.0 Å². The zero-order chi connectivity index (χ0) is 14.8. The molecule has 0 fully saturated rings. The van der Waals surface area contributed by atoms with Crippen molar-refractivity contribution in [2.45, 2.75) is 24.6 Å². The first-order chi connectivity index (χ1) is 8.65. The van der Waals surface area contributed by atoms with E-state index in [0.717, 1.165) is 6.26 Å². The van der Waals surface area contributed by atoms with Gasteiger partial charge in [0.1, 0.15) is 11.6 Å². The molecule has 1 atom stereocenters. The Morgan fingerprint density at radius 1 is 1.42 bits per heavy atom. The Bertz CT molecular complexity index is 558. The first-order valence-corrected chi connectivity index (χ1v) is 7.53. The predicted octanol–water partition coefficient (Wildman–Crippen LogP) is 1.16. The summed E-state index contributed by atoms with van der Waals surface area (Å²) in [4.78, 5) is 0. The van der Waals surface area contributed by atoms with Gasteiger partial charge >= 0.3 is 0 Å². The second-order valence-corrected chi connectivity index (χ2v) is 7.46. The third kappa shape index (κ3) is 3.05. The van der Waals surface area contributed by atoms with Crippen LogP contribution in [0.2, 0.25) is 0 Å². The lowest BCUT2D eigenvalue weighted by Crippen LogP contribution is -2.47. The third-order valence-electron chi connectivity index (χ3n) is 3.32. The Morgan fingerprint density at radius 2 is 2.00 bits per heavy atom. The summed E-state index contributed by atoms with van der Waals surface area (Å²) in [5.41, 5.74) is 2.80. The maximum Gasteiger partial charge on any atom is 0.154 e. The molecule has 0 aromatic heterocycles. The van der Waals surface area contributed by atoms with Crippen molar-refractivity contribution in [2.75, 3.05) is 13.4 Å². The fourth-order valence-corrected chi connectivity index (χ4v) is 2.43. The van der Waals surface area contributed by atoms with E-state index in [2.05, 4.69) is 5.43 Å². The van der Waals surface area contributed by atoms with Crippen molar-refractivity contribution in [3.63, 3.8) is 0 Å². The van der Waals surface area contributed by atoms with Crippen LogP contribution in [0.4, 0.5) is 4.39 Å². The van der Waals surface area contributed by atoms with Crippen molar-refractivity contribution < 1.29 is 17.5 Å². The minimum absolute atomic E-state index is 0.362. The maximum atomic E-state index is 13.4. The summed E-state index contributed by atoms with van der Waals surface area (Å²) < 4.78 is 41.1. The largest absolute Gasteiger partial charge is 0.496 e. The molecule has 0 amide bonds. The Kier molecular flexibility index (Phi) is 4.54. The zero-order valence-corrected chi connectivity index (χ0v) is 12.2. The van der Waals surface area contributed by atoms with Crippen LogP contribution in [0.15, 0.2) is 18.2 Å². The summed E-state index contributed by atoms with van der Waals surface area (Å²) >= 11 is 0. The van der Waals surface area contributed by atoms with Crippen molar-refractivity contribution in [3.8, 4) is 5.75 Å². The molecular formula is C12H19FN2O3S. The molecule has 108 valence electrons. The molecule has 0 heterocycles. The van der Waals surface area contributed by atoms with E-state index in [1.165, 1.54) is 39.2 Å². The van der Waals surface area contributed by atoms with E-state index in [-0.39, 0.29) is 0 Å². The van der Waals surface area contributed by atoms with E-state index >= 15 is 0 Å². The molecule has 0 aliphatic rings. The lowest BCUT2D eigenvalue weighted by molar-refractivity contribution is 0.377. The molecule has 0 saturated carbocycles. The quantitative estimate of drug-likeness (QED) is 0.628. The van der Waals surface area contributed by atoms with Crippen molar-refractivity contribution in [2.24, 2.45) is 5.84 Å². The van der Waals surface area contributed by atoms with Gasteiger partial charge in [0.15, 0.2) is 9.84 Å². The van der Waals surface area contributed by atoms with Gasteiger partial charge in [-0.2, -0.15) is 0 Å². The zero-order valence-electron chi connectivity index (χ0n) is 11.4. The highest BCUT2D eigenvalue weighted by atomic mass is 32.2. The number of ether oxygens (including phenoxy) is 1. The summed E-state index contributed by atoms with van der Waals surface area (Å²) in [5.74, 6) is 5.36. The molecule has 7 heteroatoms. The molecule has 1 aromatic rings. The van der Waals surface area contributed by atoms with E-state index < -0.39 is 26.4 Å². The van der Waals surface area contributed by atoms with E-state index in [9.17, 15) is 12.8 Å². The van der Waals surface area contributed by atoms with Gasteiger partial charge in [-0.25, -0.2) is 12.8 Å². The van der Waals surface area contributed by atoms with Gasteiger partial charge in [0, 0.05) is 11.8 Å². The summed E-state index contributed by atoms with van der Waals surface area (Å²) in [6.07, 6.45) is 1.11. The molecule has 0 saturated heterocycles. The van der Waals surface area contributed by atoms with Crippen molar-refractivity contribution in [1.82, 2.24) is 5.43 Å². The molecule has 5 nitrogen and oxygen atoms in total. The second-order valence-electron chi connectivity index (χ2n) is 4.86. The number of hydrogen-bond donors (Lipinski definition) is 2. The van der Waals surface area contributed by atoms with Crippen LogP contribution in [0.5, 0.6) is 5.75 Å². The van der Waals surface area contributed by atoms with Crippen LogP contribution in [-0.4, -0.2) is 26.5 Å². The molecule has 0 radical (unpaired) electrons. The molecule has 1 unspecified atom stereocenters. The lowest BCUT2D eigenvalue weighted by Gasteiger charge is -2.33. The molecule has 3 N–H and O–H groups in total. The Hall–Kier alpha value is -1.18. The average Bonchev–Trinajstić information content (AvgIpc) is 2.28. The number of sulfone groups is 1. The number of hydrogen-bond acceptors (Lipinski definition) is 5. The number of hydrazine groups is 1.